The molecule has 0 fully saturated rings. The van der Waals surface area contributed by atoms with Crippen LogP contribution in [-0.4, -0.2) is 6.04 Å². The predicted octanol–water partition coefficient (Wildman–Crippen LogP) is 3.61. The Morgan fingerprint density at radius 3 is 2.89 bits per heavy atom. The summed E-state index contributed by atoms with van der Waals surface area (Å²) in [6.45, 7) is 2.75. The van der Waals surface area contributed by atoms with Crippen LogP contribution >= 0.6 is 11.3 Å². The van der Waals surface area contributed by atoms with Crippen LogP contribution in [0, 0.1) is 0 Å². The zero-order valence-corrected chi connectivity index (χ0v) is 11.5. The summed E-state index contributed by atoms with van der Waals surface area (Å²) in [5.41, 5.74) is 7.21. The van der Waals surface area contributed by atoms with Crippen LogP contribution in [0.4, 0.5) is 0 Å². The minimum Gasteiger partial charge on any atom is -0.488 e. The first-order valence-electron chi connectivity index (χ1n) is 6.27. The van der Waals surface area contributed by atoms with Gasteiger partial charge in [0.25, 0.3) is 0 Å². The molecule has 0 spiro atoms. The van der Waals surface area contributed by atoms with Gasteiger partial charge in [-0.3, -0.25) is 0 Å². The molecule has 3 heteroatoms. The molecule has 0 saturated heterocycles. The van der Waals surface area contributed by atoms with E-state index in [1.807, 2.05) is 18.2 Å². The third-order valence-electron chi connectivity index (χ3n) is 2.88. The summed E-state index contributed by atoms with van der Waals surface area (Å²) in [6, 6.07) is 12.6. The Labute approximate surface area is 112 Å². The second-order valence-corrected chi connectivity index (χ2v) is 5.42. The minimum absolute atomic E-state index is 0.234. The van der Waals surface area contributed by atoms with E-state index < -0.39 is 0 Å². The quantitative estimate of drug-likeness (QED) is 0.862. The second kappa shape index (κ2) is 6.57. The molecule has 0 bridgehead atoms. The third-order valence-corrected chi connectivity index (χ3v) is 3.73. The molecule has 2 rings (SSSR count). The Morgan fingerprint density at radius 2 is 2.17 bits per heavy atom. The van der Waals surface area contributed by atoms with Gasteiger partial charge >= 0.3 is 0 Å². The smallest absolute Gasteiger partial charge is 0.122 e. The number of rotatable bonds is 6. The van der Waals surface area contributed by atoms with Crippen molar-refractivity contribution in [3.8, 4) is 5.75 Å². The average molecular weight is 261 g/mol. The molecular formula is C15H19NOS. The average Bonchev–Trinajstić information content (AvgIpc) is 2.90. The fourth-order valence-electron chi connectivity index (χ4n) is 1.76. The molecule has 0 radical (unpaired) electrons. The number of ether oxygens (including phenoxy) is 1. The monoisotopic (exact) mass is 261 g/mol. The summed E-state index contributed by atoms with van der Waals surface area (Å²) in [5, 5.41) is 2.06. The van der Waals surface area contributed by atoms with Crippen molar-refractivity contribution in [3.05, 3.63) is 52.2 Å². The molecule has 2 aromatic rings. The molecule has 96 valence electrons. The van der Waals surface area contributed by atoms with E-state index in [4.69, 9.17) is 10.5 Å². The maximum absolute atomic E-state index is 5.97. The summed E-state index contributed by atoms with van der Waals surface area (Å²) < 4.78 is 5.78. The van der Waals surface area contributed by atoms with E-state index in [1.54, 1.807) is 11.3 Å². The SMILES string of the molecule is CCC(N)Cc1cccc(OCc2cccs2)c1. The van der Waals surface area contributed by atoms with Gasteiger partial charge in [0.05, 0.1) is 0 Å². The Hall–Kier alpha value is -1.32. The Bertz CT molecular complexity index is 467. The lowest BCUT2D eigenvalue weighted by atomic mass is 10.0. The van der Waals surface area contributed by atoms with Gasteiger partial charge in [-0.25, -0.2) is 0 Å². The van der Waals surface area contributed by atoms with E-state index in [9.17, 15) is 0 Å². The molecule has 2 N–H and O–H groups in total. The molecule has 0 aliphatic carbocycles. The topological polar surface area (TPSA) is 35.2 Å². The molecule has 1 aromatic carbocycles. The molecule has 0 amide bonds. The first kappa shape index (κ1) is 13.1. The molecule has 1 atom stereocenters. The van der Waals surface area contributed by atoms with E-state index in [0.717, 1.165) is 18.6 Å². The van der Waals surface area contributed by atoms with Gasteiger partial charge < -0.3 is 10.5 Å². The molecule has 0 aliphatic heterocycles. The van der Waals surface area contributed by atoms with E-state index in [2.05, 4.69) is 30.5 Å². The van der Waals surface area contributed by atoms with Gasteiger partial charge in [0.2, 0.25) is 0 Å². The summed E-state index contributed by atoms with van der Waals surface area (Å²) in [6.07, 6.45) is 1.91. The van der Waals surface area contributed by atoms with Crippen LogP contribution in [0.2, 0.25) is 0 Å². The Morgan fingerprint density at radius 1 is 1.28 bits per heavy atom. The summed E-state index contributed by atoms with van der Waals surface area (Å²) >= 11 is 1.72. The zero-order valence-electron chi connectivity index (χ0n) is 10.6. The lowest BCUT2D eigenvalue weighted by molar-refractivity contribution is 0.309. The number of thiophene rings is 1. The first-order valence-corrected chi connectivity index (χ1v) is 7.15. The highest BCUT2D eigenvalue weighted by Crippen LogP contribution is 2.18. The normalized spacial score (nSPS) is 12.3. The summed E-state index contributed by atoms with van der Waals surface area (Å²) in [7, 11) is 0. The third kappa shape index (κ3) is 3.86. The van der Waals surface area contributed by atoms with E-state index in [1.165, 1.54) is 10.4 Å². The fourth-order valence-corrected chi connectivity index (χ4v) is 2.37. The number of nitrogens with two attached hydrogens (primary N) is 1. The van der Waals surface area contributed by atoms with Gasteiger partial charge in [0, 0.05) is 10.9 Å². The minimum atomic E-state index is 0.234. The lowest BCUT2D eigenvalue weighted by Crippen LogP contribution is -2.21. The maximum atomic E-state index is 5.97. The largest absolute Gasteiger partial charge is 0.488 e. The number of benzene rings is 1. The Balaban J connectivity index is 1.94. The Kier molecular flexibility index (Phi) is 4.79. The van der Waals surface area contributed by atoms with E-state index in [-0.39, 0.29) is 6.04 Å². The van der Waals surface area contributed by atoms with Crippen molar-refractivity contribution in [1.29, 1.82) is 0 Å². The first-order chi connectivity index (χ1) is 8.78. The van der Waals surface area contributed by atoms with Crippen LogP contribution in [0.3, 0.4) is 0 Å². The molecule has 0 saturated carbocycles. The van der Waals surface area contributed by atoms with Gasteiger partial charge in [-0.15, -0.1) is 11.3 Å². The van der Waals surface area contributed by atoms with E-state index >= 15 is 0 Å². The lowest BCUT2D eigenvalue weighted by Gasteiger charge is -2.10. The van der Waals surface area contributed by atoms with Crippen molar-refractivity contribution in [2.24, 2.45) is 5.73 Å². The van der Waals surface area contributed by atoms with Gasteiger partial charge in [0.15, 0.2) is 0 Å². The van der Waals surface area contributed by atoms with Crippen molar-refractivity contribution < 1.29 is 4.74 Å². The molecule has 18 heavy (non-hydrogen) atoms. The molecule has 1 heterocycles. The summed E-state index contributed by atoms with van der Waals surface area (Å²) in [5.74, 6) is 0.921. The van der Waals surface area contributed by atoms with Crippen LogP contribution in [0.25, 0.3) is 0 Å². The summed E-state index contributed by atoms with van der Waals surface area (Å²) in [4.78, 5) is 1.24. The molecule has 0 aliphatic rings. The predicted molar refractivity (Wildman–Crippen MR) is 77.1 cm³/mol. The van der Waals surface area contributed by atoms with Gasteiger partial charge in [-0.05, 0) is 42.0 Å². The highest BCUT2D eigenvalue weighted by Gasteiger charge is 2.03. The highest BCUT2D eigenvalue weighted by atomic mass is 32.1. The van der Waals surface area contributed by atoms with Crippen molar-refractivity contribution in [2.45, 2.75) is 32.4 Å². The number of hydrogen-bond acceptors (Lipinski definition) is 3. The standard InChI is InChI=1S/C15H19NOS/c1-2-13(16)9-12-5-3-6-14(10-12)17-11-15-7-4-8-18-15/h3-8,10,13H,2,9,11,16H2,1H3. The highest BCUT2D eigenvalue weighted by molar-refractivity contribution is 7.09. The van der Waals surface area contributed by atoms with Gasteiger partial charge in [0.1, 0.15) is 12.4 Å². The van der Waals surface area contributed by atoms with Crippen LogP contribution < -0.4 is 10.5 Å². The second-order valence-electron chi connectivity index (χ2n) is 4.39. The van der Waals surface area contributed by atoms with Gasteiger partial charge in [-0.2, -0.15) is 0 Å². The molecule has 1 unspecified atom stereocenters. The van der Waals surface area contributed by atoms with Crippen molar-refractivity contribution in [3.63, 3.8) is 0 Å². The zero-order chi connectivity index (χ0) is 12.8. The van der Waals surface area contributed by atoms with Crippen LogP contribution in [0.5, 0.6) is 5.75 Å². The van der Waals surface area contributed by atoms with E-state index in [0.29, 0.717) is 6.61 Å². The molecule has 1 aromatic heterocycles. The number of hydrogen-bond donors (Lipinski definition) is 1. The van der Waals surface area contributed by atoms with Crippen LogP contribution in [0.15, 0.2) is 41.8 Å². The van der Waals surface area contributed by atoms with Crippen molar-refractivity contribution in [1.82, 2.24) is 0 Å². The van der Waals surface area contributed by atoms with Crippen LogP contribution in [0.1, 0.15) is 23.8 Å². The molecular weight excluding hydrogens is 242 g/mol. The fraction of sp³-hybridized carbons (Fsp3) is 0.333. The van der Waals surface area contributed by atoms with Crippen LogP contribution in [-0.2, 0) is 13.0 Å². The maximum Gasteiger partial charge on any atom is 0.122 e. The van der Waals surface area contributed by atoms with Crippen molar-refractivity contribution >= 4 is 11.3 Å². The van der Waals surface area contributed by atoms with Crippen molar-refractivity contribution in [2.75, 3.05) is 0 Å². The van der Waals surface area contributed by atoms with Gasteiger partial charge in [-0.1, -0.05) is 25.1 Å². The molecule has 2 nitrogen and oxygen atoms in total.